The molecule has 1 saturated heterocycles. The topological polar surface area (TPSA) is 104 Å². The molecule has 0 saturated carbocycles. The van der Waals surface area contributed by atoms with Gasteiger partial charge in [-0.25, -0.2) is 4.98 Å². The van der Waals surface area contributed by atoms with Gasteiger partial charge in [0.2, 0.25) is 5.91 Å². The van der Waals surface area contributed by atoms with E-state index < -0.39 is 0 Å². The fraction of sp³-hybridized carbons (Fsp3) is 0.423. The van der Waals surface area contributed by atoms with E-state index in [0.29, 0.717) is 18.3 Å². The van der Waals surface area contributed by atoms with Crippen molar-refractivity contribution < 1.29 is 4.79 Å². The van der Waals surface area contributed by atoms with E-state index in [0.717, 1.165) is 53.7 Å². The van der Waals surface area contributed by atoms with Crippen LogP contribution in [0, 0.1) is 0 Å². The summed E-state index contributed by atoms with van der Waals surface area (Å²) in [6.07, 6.45) is 6.09. The molecule has 4 aromatic rings. The Balaban J connectivity index is 1.47. The van der Waals surface area contributed by atoms with Crippen LogP contribution in [0.3, 0.4) is 0 Å². The lowest BCUT2D eigenvalue weighted by atomic mass is 9.87. The van der Waals surface area contributed by atoms with Gasteiger partial charge in [0.15, 0.2) is 5.65 Å². The lowest BCUT2D eigenvalue weighted by Gasteiger charge is -2.32. The highest BCUT2D eigenvalue weighted by atomic mass is 16.2. The van der Waals surface area contributed by atoms with E-state index in [1.807, 2.05) is 24.2 Å². The average Bonchev–Trinajstić information content (AvgIpc) is 3.42. The Bertz CT molecular complexity index is 1290. The Morgan fingerprint density at radius 3 is 2.70 bits per heavy atom. The molecule has 1 aliphatic heterocycles. The number of aromatic amines is 2. The van der Waals surface area contributed by atoms with Crippen molar-refractivity contribution in [1.29, 1.82) is 0 Å². The largest absolute Gasteiger partial charge is 0.354 e. The molecule has 1 aliphatic rings. The molecule has 5 rings (SSSR count). The smallest absolute Gasteiger partial charge is 0.224 e. The summed E-state index contributed by atoms with van der Waals surface area (Å²) in [6, 6.07) is 8.80. The van der Waals surface area contributed by atoms with Gasteiger partial charge in [0, 0.05) is 53.6 Å². The molecule has 0 aliphatic carbocycles. The molecule has 1 atom stereocenters. The van der Waals surface area contributed by atoms with Crippen LogP contribution in [0.4, 0.5) is 0 Å². The van der Waals surface area contributed by atoms with Gasteiger partial charge in [-0.15, -0.1) is 0 Å². The Morgan fingerprint density at radius 1 is 1.18 bits per heavy atom. The zero-order valence-electron chi connectivity index (χ0n) is 19.6. The minimum Gasteiger partial charge on any atom is -0.354 e. The Labute approximate surface area is 193 Å². The van der Waals surface area contributed by atoms with Crippen LogP contribution in [0.5, 0.6) is 0 Å². The van der Waals surface area contributed by atoms with Crippen molar-refractivity contribution in [1.82, 2.24) is 25.1 Å². The van der Waals surface area contributed by atoms with Crippen LogP contribution < -0.4 is 5.73 Å². The van der Waals surface area contributed by atoms with Crippen LogP contribution in [-0.2, 0) is 4.79 Å². The number of likely N-dealkylation sites (tertiary alicyclic amines) is 1. The first-order chi connectivity index (χ1) is 15.9. The number of piperidine rings is 1. The number of amides is 1. The van der Waals surface area contributed by atoms with E-state index in [4.69, 9.17) is 5.73 Å². The van der Waals surface area contributed by atoms with E-state index in [2.05, 4.69) is 58.3 Å². The highest BCUT2D eigenvalue weighted by Gasteiger charge is 2.25. The molecule has 1 aromatic carbocycles. The predicted molar refractivity (Wildman–Crippen MR) is 132 cm³/mol. The fourth-order valence-corrected chi connectivity index (χ4v) is 5.23. The highest BCUT2D eigenvalue weighted by molar-refractivity contribution is 5.98. The number of H-pyrrole nitrogens is 2. The molecule has 4 heterocycles. The summed E-state index contributed by atoms with van der Waals surface area (Å²) < 4.78 is 0. The second-order valence-electron chi connectivity index (χ2n) is 9.70. The van der Waals surface area contributed by atoms with Crippen molar-refractivity contribution in [3.8, 4) is 11.3 Å². The van der Waals surface area contributed by atoms with Gasteiger partial charge in [0.05, 0.1) is 11.9 Å². The Morgan fingerprint density at radius 2 is 1.97 bits per heavy atom. The number of hydrogen-bond acceptors (Lipinski definition) is 4. The fourth-order valence-electron chi connectivity index (χ4n) is 5.23. The maximum Gasteiger partial charge on any atom is 0.224 e. The van der Waals surface area contributed by atoms with E-state index in [9.17, 15) is 4.79 Å². The van der Waals surface area contributed by atoms with Gasteiger partial charge in [-0.1, -0.05) is 19.9 Å². The normalized spacial score (nSPS) is 16.2. The summed E-state index contributed by atoms with van der Waals surface area (Å²) in [6.45, 7) is 7.99. The van der Waals surface area contributed by atoms with E-state index in [1.54, 1.807) is 0 Å². The molecule has 0 spiro atoms. The predicted octanol–water partition coefficient (Wildman–Crippen LogP) is 4.67. The van der Waals surface area contributed by atoms with Gasteiger partial charge in [-0.2, -0.15) is 5.10 Å². The van der Waals surface area contributed by atoms with Gasteiger partial charge < -0.3 is 15.6 Å². The summed E-state index contributed by atoms with van der Waals surface area (Å²) in [5.41, 5.74) is 12.7. The number of rotatable bonds is 5. The van der Waals surface area contributed by atoms with Gasteiger partial charge in [0.1, 0.15) is 0 Å². The number of nitrogens with zero attached hydrogens (tertiary/aromatic N) is 3. The summed E-state index contributed by atoms with van der Waals surface area (Å²) in [4.78, 5) is 22.4. The van der Waals surface area contributed by atoms with Crippen LogP contribution in [0.15, 0.2) is 36.7 Å². The zero-order valence-corrected chi connectivity index (χ0v) is 19.6. The molecular formula is C26H32N6O. The van der Waals surface area contributed by atoms with Crippen molar-refractivity contribution in [3.63, 3.8) is 0 Å². The molecule has 7 nitrogen and oxygen atoms in total. The lowest BCUT2D eigenvalue weighted by molar-refractivity contribution is -0.132. The van der Waals surface area contributed by atoms with Crippen LogP contribution in [0.2, 0.25) is 0 Å². The van der Waals surface area contributed by atoms with Gasteiger partial charge >= 0.3 is 0 Å². The number of benzene rings is 1. The molecule has 4 N–H and O–H groups in total. The third kappa shape index (κ3) is 4.02. The van der Waals surface area contributed by atoms with Crippen molar-refractivity contribution in [2.45, 2.75) is 57.9 Å². The number of pyridine rings is 1. The standard InChI is InChI=1S/C26H32N6O/c1-15(2)24-20-13-18(17-7-10-32(11-8-17)23(33)12-16(3)27)4-5-22(20)30-25(24)19-6-9-28-26-21(19)14-29-31-26/h4-6,9,13-17,30H,7-8,10-12,27H2,1-3H3,(H,28,29,31)/t16-/m0/s1. The van der Waals surface area contributed by atoms with E-state index in [-0.39, 0.29) is 11.9 Å². The van der Waals surface area contributed by atoms with Crippen molar-refractivity contribution in [2.75, 3.05) is 13.1 Å². The minimum absolute atomic E-state index is 0.0847. The minimum atomic E-state index is -0.0847. The first-order valence-electron chi connectivity index (χ1n) is 11.9. The molecular weight excluding hydrogens is 412 g/mol. The van der Waals surface area contributed by atoms with Gasteiger partial charge in [0.25, 0.3) is 0 Å². The first-order valence-corrected chi connectivity index (χ1v) is 11.9. The molecule has 7 heteroatoms. The maximum atomic E-state index is 12.4. The van der Waals surface area contributed by atoms with Crippen molar-refractivity contribution in [2.24, 2.45) is 5.73 Å². The molecule has 1 amide bonds. The average molecular weight is 445 g/mol. The second-order valence-corrected chi connectivity index (χ2v) is 9.70. The Hall–Kier alpha value is -3.19. The third-order valence-corrected chi connectivity index (χ3v) is 6.88. The van der Waals surface area contributed by atoms with Crippen LogP contribution in [-0.4, -0.2) is 50.1 Å². The Kier molecular flexibility index (Phi) is 5.66. The summed E-state index contributed by atoms with van der Waals surface area (Å²) in [7, 11) is 0. The molecule has 0 unspecified atom stereocenters. The number of nitrogens with one attached hydrogen (secondary N) is 2. The molecule has 0 bridgehead atoms. The SMILES string of the molecule is CC(C)c1c(-c2ccnc3[nH]ncc23)[nH]c2ccc(C3CCN(C(=O)C[C@H](C)N)CC3)cc12. The number of nitrogens with two attached hydrogens (primary N) is 1. The van der Waals surface area contributed by atoms with Crippen molar-refractivity contribution in [3.05, 3.63) is 47.8 Å². The molecule has 172 valence electrons. The van der Waals surface area contributed by atoms with Crippen LogP contribution in [0.1, 0.15) is 63.0 Å². The zero-order chi connectivity index (χ0) is 23.1. The molecule has 0 radical (unpaired) electrons. The molecule has 33 heavy (non-hydrogen) atoms. The highest BCUT2D eigenvalue weighted by Crippen LogP contribution is 2.39. The lowest BCUT2D eigenvalue weighted by Crippen LogP contribution is -2.40. The first kappa shape index (κ1) is 21.6. The third-order valence-electron chi connectivity index (χ3n) is 6.88. The van der Waals surface area contributed by atoms with Gasteiger partial charge in [-0.3, -0.25) is 9.89 Å². The number of hydrogen-bond donors (Lipinski definition) is 3. The van der Waals surface area contributed by atoms with Crippen LogP contribution >= 0.6 is 0 Å². The number of aromatic nitrogens is 4. The van der Waals surface area contributed by atoms with E-state index in [1.165, 1.54) is 16.5 Å². The van der Waals surface area contributed by atoms with Crippen molar-refractivity contribution >= 4 is 27.8 Å². The number of carbonyl (C=O) groups is 1. The molecule has 1 fully saturated rings. The monoisotopic (exact) mass is 444 g/mol. The molecule has 3 aromatic heterocycles. The quantitative estimate of drug-likeness (QED) is 0.416. The summed E-state index contributed by atoms with van der Waals surface area (Å²) >= 11 is 0. The maximum absolute atomic E-state index is 12.4. The summed E-state index contributed by atoms with van der Waals surface area (Å²) in [5.74, 6) is 1.00. The second kappa shape index (κ2) is 8.63. The van der Waals surface area contributed by atoms with Crippen LogP contribution in [0.25, 0.3) is 33.2 Å². The number of carbonyl (C=O) groups excluding carboxylic acids is 1. The van der Waals surface area contributed by atoms with E-state index >= 15 is 0 Å². The number of fused-ring (bicyclic) bond motifs is 2. The van der Waals surface area contributed by atoms with Gasteiger partial charge in [-0.05, 0) is 60.9 Å². The summed E-state index contributed by atoms with van der Waals surface area (Å²) in [5, 5.41) is 9.47.